The molecule has 0 spiro atoms. The van der Waals surface area contributed by atoms with Crippen LogP contribution >= 0.6 is 11.6 Å². The summed E-state index contributed by atoms with van der Waals surface area (Å²) in [5.74, 6) is -1.30. The summed E-state index contributed by atoms with van der Waals surface area (Å²) < 4.78 is 2.24. The number of halogens is 1. The quantitative estimate of drug-likeness (QED) is 0.630. The molecule has 1 saturated carbocycles. The molecule has 0 radical (unpaired) electrons. The molecule has 7 heteroatoms. The fraction of sp³-hybridized carbons (Fsp3) is 0.286. The Morgan fingerprint density at radius 3 is 2.57 bits per heavy atom. The maximum Gasteiger partial charge on any atom is 0.331 e. The van der Waals surface area contributed by atoms with Crippen molar-refractivity contribution in [3.8, 4) is 0 Å². The van der Waals surface area contributed by atoms with Crippen molar-refractivity contribution in [3.63, 3.8) is 0 Å². The molecular formula is C21H20ClN3O3. The van der Waals surface area contributed by atoms with E-state index in [1.54, 1.807) is 30.3 Å². The van der Waals surface area contributed by atoms with Crippen molar-refractivity contribution in [1.82, 2.24) is 14.8 Å². The molecule has 4 amide bonds. The number of carbonyl (C=O) groups is 3. The van der Waals surface area contributed by atoms with Crippen molar-refractivity contribution < 1.29 is 14.4 Å². The van der Waals surface area contributed by atoms with E-state index in [1.165, 1.54) is 0 Å². The maximum absolute atomic E-state index is 12.9. The number of hydrogen-bond donors (Lipinski definition) is 1. The van der Waals surface area contributed by atoms with Gasteiger partial charge in [-0.05, 0) is 56.0 Å². The van der Waals surface area contributed by atoms with Crippen molar-refractivity contribution >= 4 is 35.5 Å². The third kappa shape index (κ3) is 3.24. The Labute approximate surface area is 167 Å². The minimum Gasteiger partial charge on any atom is -0.346 e. The standard InChI is InChI=1S/C21H20ClN3O3/c1-12-9-15(13(2)25(12)16-7-8-16)10-17-19(26)23-21(28)24(20(17)27)11-14-5-3-4-6-18(14)22/h3-6,9-10,16H,7-8,11H2,1-2H3,(H,23,26,28)/b17-10-. The fourth-order valence-corrected chi connectivity index (χ4v) is 3.83. The van der Waals surface area contributed by atoms with Crippen LogP contribution in [0.1, 0.15) is 41.4 Å². The summed E-state index contributed by atoms with van der Waals surface area (Å²) in [4.78, 5) is 38.6. The summed E-state index contributed by atoms with van der Waals surface area (Å²) in [6.07, 6.45) is 3.86. The molecule has 1 saturated heterocycles. The van der Waals surface area contributed by atoms with Gasteiger partial charge in [-0.25, -0.2) is 4.79 Å². The summed E-state index contributed by atoms with van der Waals surface area (Å²) in [6, 6.07) is 8.72. The van der Waals surface area contributed by atoms with E-state index in [-0.39, 0.29) is 12.1 Å². The fourth-order valence-electron chi connectivity index (χ4n) is 3.63. The summed E-state index contributed by atoms with van der Waals surface area (Å²) in [5, 5.41) is 2.71. The second-order valence-electron chi connectivity index (χ2n) is 7.23. The van der Waals surface area contributed by atoms with Crippen molar-refractivity contribution in [2.75, 3.05) is 0 Å². The Morgan fingerprint density at radius 1 is 1.18 bits per heavy atom. The Balaban J connectivity index is 1.67. The van der Waals surface area contributed by atoms with E-state index in [1.807, 2.05) is 19.9 Å². The lowest BCUT2D eigenvalue weighted by Gasteiger charge is -2.26. The predicted octanol–water partition coefficient (Wildman–Crippen LogP) is 3.76. The average Bonchev–Trinajstić information content (AvgIpc) is 3.43. The van der Waals surface area contributed by atoms with Crippen LogP contribution in [0.4, 0.5) is 4.79 Å². The second-order valence-corrected chi connectivity index (χ2v) is 7.63. The maximum atomic E-state index is 12.9. The molecule has 0 bridgehead atoms. The van der Waals surface area contributed by atoms with Crippen LogP contribution in [0.25, 0.3) is 6.08 Å². The zero-order valence-corrected chi connectivity index (χ0v) is 16.4. The zero-order valence-electron chi connectivity index (χ0n) is 15.7. The van der Waals surface area contributed by atoms with Gasteiger partial charge in [-0.15, -0.1) is 0 Å². The molecule has 4 rings (SSSR count). The Hall–Kier alpha value is -2.86. The van der Waals surface area contributed by atoms with E-state index in [0.717, 1.165) is 34.7 Å². The molecule has 2 aliphatic rings. The largest absolute Gasteiger partial charge is 0.346 e. The number of rotatable bonds is 4. The van der Waals surface area contributed by atoms with Gasteiger partial charge in [0.15, 0.2) is 0 Å². The van der Waals surface area contributed by atoms with Crippen LogP contribution in [0.5, 0.6) is 0 Å². The smallest absolute Gasteiger partial charge is 0.331 e. The number of carbonyl (C=O) groups excluding carboxylic acids is 3. The molecule has 28 heavy (non-hydrogen) atoms. The number of aryl methyl sites for hydroxylation is 1. The van der Waals surface area contributed by atoms with E-state index in [2.05, 4.69) is 9.88 Å². The molecule has 1 aliphatic carbocycles. The summed E-state index contributed by atoms with van der Waals surface area (Å²) in [7, 11) is 0. The van der Waals surface area contributed by atoms with Crippen molar-refractivity contribution in [3.05, 3.63) is 63.4 Å². The first-order chi connectivity index (χ1) is 13.4. The molecule has 144 valence electrons. The molecule has 1 aromatic carbocycles. The Bertz CT molecular complexity index is 1030. The first-order valence-electron chi connectivity index (χ1n) is 9.17. The van der Waals surface area contributed by atoms with Gasteiger partial charge in [-0.3, -0.25) is 19.8 Å². The lowest BCUT2D eigenvalue weighted by molar-refractivity contribution is -0.130. The molecule has 0 unspecified atom stereocenters. The van der Waals surface area contributed by atoms with Gasteiger partial charge in [0.1, 0.15) is 5.57 Å². The summed E-state index contributed by atoms with van der Waals surface area (Å²) >= 11 is 6.16. The number of amides is 4. The number of barbiturate groups is 1. The second kappa shape index (κ2) is 6.95. The van der Waals surface area contributed by atoms with Crippen molar-refractivity contribution in [2.24, 2.45) is 0 Å². The van der Waals surface area contributed by atoms with Crippen LogP contribution in [-0.4, -0.2) is 27.3 Å². The van der Waals surface area contributed by atoms with E-state index >= 15 is 0 Å². The van der Waals surface area contributed by atoms with Crippen LogP contribution in [0.2, 0.25) is 5.02 Å². The number of nitrogens with zero attached hydrogens (tertiary/aromatic N) is 2. The van der Waals surface area contributed by atoms with Crippen molar-refractivity contribution in [1.29, 1.82) is 0 Å². The minimum absolute atomic E-state index is 0.00391. The van der Waals surface area contributed by atoms with E-state index in [9.17, 15) is 14.4 Å². The first-order valence-corrected chi connectivity index (χ1v) is 9.55. The molecule has 2 heterocycles. The molecule has 1 aromatic heterocycles. The number of aromatic nitrogens is 1. The highest BCUT2D eigenvalue weighted by molar-refractivity contribution is 6.32. The Kier molecular flexibility index (Phi) is 4.59. The average molecular weight is 398 g/mol. The van der Waals surface area contributed by atoms with Gasteiger partial charge in [0.2, 0.25) is 0 Å². The topological polar surface area (TPSA) is 71.4 Å². The number of urea groups is 1. The Morgan fingerprint density at radius 2 is 1.89 bits per heavy atom. The molecule has 1 aliphatic heterocycles. The van der Waals surface area contributed by atoms with Gasteiger partial charge in [-0.1, -0.05) is 29.8 Å². The van der Waals surface area contributed by atoms with E-state index in [0.29, 0.717) is 16.6 Å². The zero-order chi connectivity index (χ0) is 20.0. The third-order valence-electron chi connectivity index (χ3n) is 5.21. The third-order valence-corrected chi connectivity index (χ3v) is 5.58. The van der Waals surface area contributed by atoms with Gasteiger partial charge in [0.05, 0.1) is 6.54 Å². The van der Waals surface area contributed by atoms with E-state index in [4.69, 9.17) is 11.6 Å². The number of nitrogens with one attached hydrogen (secondary N) is 1. The van der Waals surface area contributed by atoms with Crippen LogP contribution in [0, 0.1) is 13.8 Å². The number of benzene rings is 1. The highest BCUT2D eigenvalue weighted by Gasteiger charge is 2.36. The lowest BCUT2D eigenvalue weighted by atomic mass is 10.1. The van der Waals surface area contributed by atoms with Gasteiger partial charge in [0, 0.05) is 22.5 Å². The highest BCUT2D eigenvalue weighted by atomic mass is 35.5. The molecule has 6 nitrogen and oxygen atoms in total. The van der Waals surface area contributed by atoms with Gasteiger partial charge in [-0.2, -0.15) is 0 Å². The van der Waals surface area contributed by atoms with Gasteiger partial charge in [0.25, 0.3) is 11.8 Å². The van der Waals surface area contributed by atoms with E-state index < -0.39 is 17.8 Å². The highest BCUT2D eigenvalue weighted by Crippen LogP contribution is 2.38. The van der Waals surface area contributed by atoms with Crippen LogP contribution < -0.4 is 5.32 Å². The van der Waals surface area contributed by atoms with Crippen LogP contribution in [0.3, 0.4) is 0 Å². The van der Waals surface area contributed by atoms with Gasteiger partial charge < -0.3 is 4.57 Å². The predicted molar refractivity (Wildman–Crippen MR) is 106 cm³/mol. The minimum atomic E-state index is -0.740. The summed E-state index contributed by atoms with van der Waals surface area (Å²) in [6.45, 7) is 4.00. The molecule has 1 N–H and O–H groups in total. The van der Waals surface area contributed by atoms with Crippen LogP contribution in [-0.2, 0) is 16.1 Å². The number of imide groups is 2. The van der Waals surface area contributed by atoms with Gasteiger partial charge >= 0.3 is 6.03 Å². The molecule has 2 aromatic rings. The monoisotopic (exact) mass is 397 g/mol. The number of hydrogen-bond acceptors (Lipinski definition) is 3. The molecular weight excluding hydrogens is 378 g/mol. The first kappa shape index (κ1) is 18.5. The van der Waals surface area contributed by atoms with Crippen molar-refractivity contribution in [2.45, 2.75) is 39.3 Å². The SMILES string of the molecule is Cc1cc(/C=C2/C(=O)NC(=O)N(Cc3ccccc3Cl)C2=O)c(C)n1C1CC1. The summed E-state index contributed by atoms with van der Waals surface area (Å²) in [5.41, 5.74) is 3.51. The lowest BCUT2D eigenvalue weighted by Crippen LogP contribution is -2.53. The van der Waals surface area contributed by atoms with Crippen LogP contribution in [0.15, 0.2) is 35.9 Å². The normalized spacial score (nSPS) is 18.8. The molecule has 0 atom stereocenters. The molecule has 2 fully saturated rings.